The second-order valence-electron chi connectivity index (χ2n) is 6.00. The van der Waals surface area contributed by atoms with E-state index in [-0.39, 0.29) is 0 Å². The third-order valence-electron chi connectivity index (χ3n) is 4.61. The van der Waals surface area contributed by atoms with Crippen LogP contribution in [-0.4, -0.2) is 25.0 Å². The Morgan fingerprint density at radius 2 is 1.33 bits per heavy atom. The van der Waals surface area contributed by atoms with Crippen LogP contribution in [0.3, 0.4) is 0 Å². The van der Waals surface area contributed by atoms with Gasteiger partial charge in [-0.25, -0.2) is 0 Å². The van der Waals surface area contributed by atoms with Gasteiger partial charge in [0.15, 0.2) is 0 Å². The molecule has 21 heavy (non-hydrogen) atoms. The standard InChI is InChI=1S/C19H20N2/c1-21-12-10-14(11-13-21)19-15-6-2-4-8-17(15)20-18-9-5-3-7-16(18)19/h2-9,20H,10-13H2,1H3. The number of rotatable bonds is 0. The van der Waals surface area contributed by atoms with Crippen molar-refractivity contribution in [2.24, 2.45) is 0 Å². The van der Waals surface area contributed by atoms with E-state index in [0.29, 0.717) is 0 Å². The van der Waals surface area contributed by atoms with Gasteiger partial charge in [0.2, 0.25) is 0 Å². The number of nitrogens with one attached hydrogen (secondary N) is 1. The topological polar surface area (TPSA) is 15.3 Å². The van der Waals surface area contributed by atoms with E-state index in [4.69, 9.17) is 0 Å². The number of piperidine rings is 1. The molecule has 0 amide bonds. The van der Waals surface area contributed by atoms with Gasteiger partial charge in [0.05, 0.1) is 0 Å². The molecular weight excluding hydrogens is 256 g/mol. The number of fused-ring (bicyclic) bond motifs is 2. The first-order chi connectivity index (χ1) is 10.3. The van der Waals surface area contributed by atoms with Gasteiger partial charge in [-0.1, -0.05) is 42.0 Å². The van der Waals surface area contributed by atoms with Crippen LogP contribution in [0.5, 0.6) is 0 Å². The molecule has 0 spiro atoms. The Morgan fingerprint density at radius 1 is 0.810 bits per heavy atom. The van der Waals surface area contributed by atoms with Crippen molar-refractivity contribution in [3.05, 3.63) is 65.2 Å². The average Bonchev–Trinajstić information content (AvgIpc) is 2.53. The molecule has 0 aromatic heterocycles. The molecule has 2 aliphatic rings. The van der Waals surface area contributed by atoms with Crippen LogP contribution < -0.4 is 5.32 Å². The average molecular weight is 276 g/mol. The molecule has 2 nitrogen and oxygen atoms in total. The van der Waals surface area contributed by atoms with E-state index in [1.165, 1.54) is 40.9 Å². The summed E-state index contributed by atoms with van der Waals surface area (Å²) in [5, 5.41) is 3.57. The number of para-hydroxylation sites is 2. The van der Waals surface area contributed by atoms with Crippen LogP contribution in [0.1, 0.15) is 24.0 Å². The number of anilines is 2. The van der Waals surface area contributed by atoms with Crippen LogP contribution in [0.4, 0.5) is 11.4 Å². The molecule has 1 saturated heterocycles. The van der Waals surface area contributed by atoms with Crippen LogP contribution in [0.15, 0.2) is 54.1 Å². The summed E-state index contributed by atoms with van der Waals surface area (Å²) in [5.41, 5.74) is 8.25. The van der Waals surface area contributed by atoms with Gasteiger partial charge >= 0.3 is 0 Å². The van der Waals surface area contributed by atoms with Gasteiger partial charge in [0.25, 0.3) is 0 Å². The molecular formula is C19H20N2. The lowest BCUT2D eigenvalue weighted by molar-refractivity contribution is 0.313. The van der Waals surface area contributed by atoms with Crippen molar-refractivity contribution in [2.75, 3.05) is 25.5 Å². The van der Waals surface area contributed by atoms with Crippen molar-refractivity contribution >= 4 is 16.9 Å². The fraction of sp³-hybridized carbons (Fsp3) is 0.263. The lowest BCUT2D eigenvalue weighted by Crippen LogP contribution is -2.27. The highest BCUT2D eigenvalue weighted by Gasteiger charge is 2.23. The van der Waals surface area contributed by atoms with E-state index >= 15 is 0 Å². The number of nitrogens with zero attached hydrogens (tertiary/aromatic N) is 1. The molecule has 2 aliphatic heterocycles. The fourth-order valence-corrected chi connectivity index (χ4v) is 3.43. The summed E-state index contributed by atoms with van der Waals surface area (Å²) < 4.78 is 0. The van der Waals surface area contributed by atoms with Gasteiger partial charge in [-0.2, -0.15) is 0 Å². The van der Waals surface area contributed by atoms with Crippen molar-refractivity contribution in [2.45, 2.75) is 12.8 Å². The minimum atomic E-state index is 1.16. The van der Waals surface area contributed by atoms with Gasteiger partial charge in [-0.15, -0.1) is 0 Å². The molecule has 4 rings (SSSR count). The number of likely N-dealkylation sites (tertiary alicyclic amines) is 1. The second kappa shape index (κ2) is 5.05. The van der Waals surface area contributed by atoms with Crippen LogP contribution in [0.2, 0.25) is 0 Å². The van der Waals surface area contributed by atoms with Gasteiger partial charge in [0, 0.05) is 35.6 Å². The maximum Gasteiger partial charge on any atom is 0.0464 e. The highest BCUT2D eigenvalue weighted by molar-refractivity contribution is 5.98. The summed E-state index contributed by atoms with van der Waals surface area (Å²) in [4.78, 5) is 2.42. The maximum atomic E-state index is 3.57. The fourth-order valence-electron chi connectivity index (χ4n) is 3.43. The van der Waals surface area contributed by atoms with E-state index in [1.807, 2.05) is 0 Å². The SMILES string of the molecule is CN1CCC(=C2c3ccccc3Nc3ccccc32)CC1. The van der Waals surface area contributed by atoms with Crippen molar-refractivity contribution in [3.63, 3.8) is 0 Å². The summed E-state index contributed by atoms with van der Waals surface area (Å²) >= 11 is 0. The Labute approximate surface area is 126 Å². The second-order valence-corrected chi connectivity index (χ2v) is 6.00. The van der Waals surface area contributed by atoms with E-state index in [1.54, 1.807) is 5.57 Å². The molecule has 0 unspecified atom stereocenters. The molecule has 2 aromatic carbocycles. The van der Waals surface area contributed by atoms with Crippen molar-refractivity contribution < 1.29 is 0 Å². The summed E-state index contributed by atoms with van der Waals surface area (Å²) in [7, 11) is 2.21. The first kappa shape index (κ1) is 12.7. The minimum Gasteiger partial charge on any atom is -0.355 e. The molecule has 0 radical (unpaired) electrons. The van der Waals surface area contributed by atoms with Gasteiger partial charge in [-0.3, -0.25) is 0 Å². The molecule has 0 aliphatic carbocycles. The van der Waals surface area contributed by atoms with E-state index in [2.05, 4.69) is 65.8 Å². The molecule has 2 heterocycles. The van der Waals surface area contributed by atoms with E-state index < -0.39 is 0 Å². The summed E-state index contributed by atoms with van der Waals surface area (Å²) in [6.45, 7) is 2.33. The minimum absolute atomic E-state index is 1.16. The third kappa shape index (κ3) is 2.16. The molecule has 0 saturated carbocycles. The van der Waals surface area contributed by atoms with E-state index in [9.17, 15) is 0 Å². The van der Waals surface area contributed by atoms with Crippen molar-refractivity contribution in [1.29, 1.82) is 0 Å². The Morgan fingerprint density at radius 3 is 1.90 bits per heavy atom. The number of hydrogen-bond acceptors (Lipinski definition) is 2. The van der Waals surface area contributed by atoms with Gasteiger partial charge in [0.1, 0.15) is 0 Å². The first-order valence-electron chi connectivity index (χ1n) is 7.69. The molecule has 0 bridgehead atoms. The van der Waals surface area contributed by atoms with Crippen LogP contribution in [0, 0.1) is 0 Å². The zero-order valence-corrected chi connectivity index (χ0v) is 12.4. The van der Waals surface area contributed by atoms with E-state index in [0.717, 1.165) is 13.1 Å². The summed E-state index contributed by atoms with van der Waals surface area (Å²) in [5.74, 6) is 0. The Hall–Kier alpha value is -2.06. The van der Waals surface area contributed by atoms with Crippen LogP contribution in [-0.2, 0) is 0 Å². The predicted molar refractivity (Wildman–Crippen MR) is 88.9 cm³/mol. The molecule has 2 heteroatoms. The molecule has 1 N–H and O–H groups in total. The highest BCUT2D eigenvalue weighted by atomic mass is 15.1. The smallest absolute Gasteiger partial charge is 0.0464 e. The number of hydrogen-bond donors (Lipinski definition) is 1. The Balaban J connectivity index is 1.92. The number of benzene rings is 2. The lowest BCUT2D eigenvalue weighted by Gasteiger charge is -2.30. The monoisotopic (exact) mass is 276 g/mol. The predicted octanol–water partition coefficient (Wildman–Crippen LogP) is 4.27. The molecule has 0 atom stereocenters. The van der Waals surface area contributed by atoms with Crippen molar-refractivity contribution in [3.8, 4) is 0 Å². The van der Waals surface area contributed by atoms with Crippen molar-refractivity contribution in [1.82, 2.24) is 4.90 Å². The van der Waals surface area contributed by atoms with Crippen LogP contribution >= 0.6 is 0 Å². The lowest BCUT2D eigenvalue weighted by atomic mass is 9.85. The Bertz CT molecular complexity index is 658. The summed E-state index contributed by atoms with van der Waals surface area (Å²) in [6, 6.07) is 17.4. The van der Waals surface area contributed by atoms with Gasteiger partial charge < -0.3 is 10.2 Å². The molecule has 1 fully saturated rings. The van der Waals surface area contributed by atoms with Crippen LogP contribution in [0.25, 0.3) is 5.57 Å². The quantitative estimate of drug-likeness (QED) is 0.659. The normalized spacial score (nSPS) is 18.0. The highest BCUT2D eigenvalue weighted by Crippen LogP contribution is 2.43. The maximum absolute atomic E-state index is 3.57. The third-order valence-corrected chi connectivity index (χ3v) is 4.61. The Kier molecular flexibility index (Phi) is 3.04. The summed E-state index contributed by atoms with van der Waals surface area (Å²) in [6.07, 6.45) is 2.35. The molecule has 106 valence electrons. The zero-order valence-electron chi connectivity index (χ0n) is 12.4. The van der Waals surface area contributed by atoms with Gasteiger partial charge in [-0.05, 0) is 37.6 Å². The largest absolute Gasteiger partial charge is 0.355 e. The molecule has 2 aromatic rings. The first-order valence-corrected chi connectivity index (χ1v) is 7.69. The zero-order chi connectivity index (χ0) is 14.2.